The highest BCUT2D eigenvalue weighted by atomic mass is 19.1. The molecule has 0 bridgehead atoms. The Morgan fingerprint density at radius 2 is 1.74 bits per heavy atom. The Morgan fingerprint density at radius 3 is 2.50 bits per heavy atom. The van der Waals surface area contributed by atoms with E-state index in [4.69, 9.17) is 0 Å². The Labute approximate surface area is 196 Å². The van der Waals surface area contributed by atoms with Crippen LogP contribution in [0.5, 0.6) is 0 Å². The van der Waals surface area contributed by atoms with Gasteiger partial charge >= 0.3 is 0 Å². The van der Waals surface area contributed by atoms with Gasteiger partial charge in [-0.3, -0.25) is 9.59 Å². The van der Waals surface area contributed by atoms with Gasteiger partial charge in [0.05, 0.1) is 11.3 Å². The number of hydrogen-bond donors (Lipinski definition) is 1. The van der Waals surface area contributed by atoms with Crippen molar-refractivity contribution in [3.63, 3.8) is 0 Å². The molecule has 2 heterocycles. The fourth-order valence-electron chi connectivity index (χ4n) is 4.92. The fraction of sp³-hybridized carbons (Fsp3) is 0.346. The lowest BCUT2D eigenvalue weighted by molar-refractivity contribution is 0.0742. The molecule has 8 heteroatoms. The van der Waals surface area contributed by atoms with E-state index in [0.29, 0.717) is 32.6 Å². The Morgan fingerprint density at radius 1 is 0.971 bits per heavy atom. The maximum Gasteiger partial charge on any atom is 0.267 e. The zero-order valence-electron chi connectivity index (χ0n) is 18.8. The average molecular weight is 465 g/mol. The van der Waals surface area contributed by atoms with Gasteiger partial charge in [-0.25, -0.2) is 13.9 Å². The molecule has 3 aromatic rings. The number of carbonyl (C=O) groups is 1. The molecule has 1 saturated heterocycles. The SMILES string of the molecule is O=C(c1cc(Cc2n[nH]c(=O)c3c2CCCC3)ccc1F)N1CCN(c2cccc(F)c2)CC1. The van der Waals surface area contributed by atoms with Crippen LogP contribution in [0.3, 0.4) is 0 Å². The molecule has 176 valence electrons. The number of hydrogen-bond acceptors (Lipinski definition) is 4. The van der Waals surface area contributed by atoms with Gasteiger partial charge in [0.2, 0.25) is 0 Å². The van der Waals surface area contributed by atoms with Crippen LogP contribution in [0.25, 0.3) is 0 Å². The van der Waals surface area contributed by atoms with Crippen LogP contribution < -0.4 is 10.5 Å². The first-order valence-corrected chi connectivity index (χ1v) is 11.7. The maximum absolute atomic E-state index is 14.7. The molecule has 2 aromatic carbocycles. The predicted molar refractivity (Wildman–Crippen MR) is 125 cm³/mol. The molecule has 6 nitrogen and oxygen atoms in total. The first-order chi connectivity index (χ1) is 16.5. The van der Waals surface area contributed by atoms with E-state index in [0.717, 1.165) is 53.8 Å². The standard InChI is InChI=1S/C26H26F2N4O2/c27-18-4-3-5-19(16-18)31-10-12-32(13-11-31)26(34)22-14-17(8-9-23(22)28)15-24-20-6-1-2-7-21(20)25(33)30-29-24/h3-5,8-9,14,16H,1-2,6-7,10-13,15H2,(H,30,33). The molecule has 0 spiro atoms. The number of aromatic nitrogens is 2. The fourth-order valence-corrected chi connectivity index (χ4v) is 4.92. The highest BCUT2D eigenvalue weighted by Crippen LogP contribution is 2.24. The van der Waals surface area contributed by atoms with Crippen LogP contribution in [-0.4, -0.2) is 47.2 Å². The molecule has 1 aliphatic carbocycles. The summed E-state index contributed by atoms with van der Waals surface area (Å²) in [5.74, 6) is -1.21. The van der Waals surface area contributed by atoms with Crippen LogP contribution in [0.4, 0.5) is 14.5 Å². The summed E-state index contributed by atoms with van der Waals surface area (Å²) < 4.78 is 28.2. The number of fused-ring (bicyclic) bond motifs is 1. The van der Waals surface area contributed by atoms with Crippen molar-refractivity contribution >= 4 is 11.6 Å². The molecule has 5 rings (SSSR count). The van der Waals surface area contributed by atoms with Gasteiger partial charge in [-0.05, 0) is 67.1 Å². The van der Waals surface area contributed by atoms with Gasteiger partial charge in [-0.15, -0.1) is 0 Å². The summed E-state index contributed by atoms with van der Waals surface area (Å²) in [5, 5.41) is 6.85. The molecule has 0 unspecified atom stereocenters. The summed E-state index contributed by atoms with van der Waals surface area (Å²) in [5.41, 5.74) is 4.02. The van der Waals surface area contributed by atoms with Gasteiger partial charge < -0.3 is 9.80 Å². The lowest BCUT2D eigenvalue weighted by atomic mass is 9.90. The van der Waals surface area contributed by atoms with Gasteiger partial charge in [0, 0.05) is 43.9 Å². The Balaban J connectivity index is 1.32. The Bertz CT molecular complexity index is 1280. The minimum atomic E-state index is -0.558. The highest BCUT2D eigenvalue weighted by molar-refractivity contribution is 5.95. The van der Waals surface area contributed by atoms with Crippen LogP contribution in [-0.2, 0) is 19.3 Å². The number of rotatable bonds is 4. The van der Waals surface area contributed by atoms with E-state index >= 15 is 0 Å². The normalized spacial score (nSPS) is 15.8. The summed E-state index contributed by atoms with van der Waals surface area (Å²) in [6.45, 7) is 1.94. The van der Waals surface area contributed by atoms with Crippen LogP contribution >= 0.6 is 0 Å². The van der Waals surface area contributed by atoms with Crippen LogP contribution in [0.2, 0.25) is 0 Å². The van der Waals surface area contributed by atoms with Crippen molar-refractivity contribution in [3.05, 3.63) is 92.4 Å². The summed E-state index contributed by atoms with van der Waals surface area (Å²) in [4.78, 5) is 28.9. The quantitative estimate of drug-likeness (QED) is 0.642. The number of amides is 1. The number of benzene rings is 2. The van der Waals surface area contributed by atoms with Gasteiger partial charge in [-0.1, -0.05) is 12.1 Å². The molecule has 34 heavy (non-hydrogen) atoms. The predicted octanol–water partition coefficient (Wildman–Crippen LogP) is 3.48. The van der Waals surface area contributed by atoms with Crippen LogP contribution in [0, 0.1) is 11.6 Å². The summed E-state index contributed by atoms with van der Waals surface area (Å²) in [7, 11) is 0. The lowest BCUT2D eigenvalue weighted by Gasteiger charge is -2.36. The zero-order valence-corrected chi connectivity index (χ0v) is 18.8. The van der Waals surface area contributed by atoms with Crippen molar-refractivity contribution in [2.45, 2.75) is 32.1 Å². The van der Waals surface area contributed by atoms with Crippen LogP contribution in [0.15, 0.2) is 47.3 Å². The number of nitrogens with one attached hydrogen (secondary N) is 1. The van der Waals surface area contributed by atoms with E-state index in [1.165, 1.54) is 18.2 Å². The number of carbonyl (C=O) groups excluding carboxylic acids is 1. The van der Waals surface area contributed by atoms with Crippen molar-refractivity contribution in [1.29, 1.82) is 0 Å². The third kappa shape index (κ3) is 4.44. The minimum absolute atomic E-state index is 0.0370. The van der Waals surface area contributed by atoms with E-state index in [1.54, 1.807) is 23.1 Å². The van der Waals surface area contributed by atoms with Gasteiger partial charge in [0.25, 0.3) is 11.5 Å². The second-order valence-electron chi connectivity index (χ2n) is 8.91. The highest BCUT2D eigenvalue weighted by Gasteiger charge is 2.25. The smallest absolute Gasteiger partial charge is 0.267 e. The number of halogens is 2. The minimum Gasteiger partial charge on any atom is -0.368 e. The summed E-state index contributed by atoms with van der Waals surface area (Å²) >= 11 is 0. The maximum atomic E-state index is 14.7. The van der Waals surface area contributed by atoms with E-state index < -0.39 is 5.82 Å². The average Bonchev–Trinajstić information content (AvgIpc) is 2.87. The second kappa shape index (κ2) is 9.37. The first-order valence-electron chi connectivity index (χ1n) is 11.7. The Hall–Kier alpha value is -3.55. The van der Waals surface area contributed by atoms with Crippen molar-refractivity contribution in [2.24, 2.45) is 0 Å². The second-order valence-corrected chi connectivity index (χ2v) is 8.91. The molecular formula is C26H26F2N4O2. The molecule has 0 saturated carbocycles. The van der Waals surface area contributed by atoms with Gasteiger partial charge in [0.1, 0.15) is 11.6 Å². The number of piperazine rings is 1. The first kappa shape index (κ1) is 22.3. The topological polar surface area (TPSA) is 69.3 Å². The van der Waals surface area contributed by atoms with E-state index in [2.05, 4.69) is 10.2 Å². The molecule has 1 N–H and O–H groups in total. The molecule has 1 aromatic heterocycles. The van der Waals surface area contributed by atoms with Gasteiger partial charge in [0.15, 0.2) is 0 Å². The van der Waals surface area contributed by atoms with Crippen molar-refractivity contribution < 1.29 is 13.6 Å². The lowest BCUT2D eigenvalue weighted by Crippen LogP contribution is -2.49. The van der Waals surface area contributed by atoms with Crippen molar-refractivity contribution in [1.82, 2.24) is 15.1 Å². The Kier molecular flexibility index (Phi) is 6.13. The van der Waals surface area contributed by atoms with E-state index in [-0.39, 0.29) is 22.8 Å². The van der Waals surface area contributed by atoms with Crippen molar-refractivity contribution in [3.8, 4) is 0 Å². The number of aromatic amines is 1. The molecule has 1 fully saturated rings. The molecular weight excluding hydrogens is 438 g/mol. The number of H-pyrrole nitrogens is 1. The third-order valence-electron chi connectivity index (χ3n) is 6.76. The van der Waals surface area contributed by atoms with Crippen molar-refractivity contribution in [2.75, 3.05) is 31.1 Å². The molecule has 0 atom stereocenters. The van der Waals surface area contributed by atoms with E-state index in [1.807, 2.05) is 11.0 Å². The summed E-state index contributed by atoms with van der Waals surface area (Å²) in [6, 6.07) is 11.0. The van der Waals surface area contributed by atoms with Gasteiger partial charge in [-0.2, -0.15) is 5.10 Å². The van der Waals surface area contributed by atoms with E-state index in [9.17, 15) is 18.4 Å². The molecule has 1 aliphatic heterocycles. The third-order valence-corrected chi connectivity index (χ3v) is 6.76. The molecule has 2 aliphatic rings. The molecule has 1 amide bonds. The number of nitrogens with zero attached hydrogens (tertiary/aromatic N) is 3. The zero-order chi connectivity index (χ0) is 23.7. The number of anilines is 1. The molecule has 0 radical (unpaired) electrons. The largest absolute Gasteiger partial charge is 0.368 e. The summed E-state index contributed by atoms with van der Waals surface area (Å²) in [6.07, 6.45) is 3.98. The monoisotopic (exact) mass is 464 g/mol. The van der Waals surface area contributed by atoms with Crippen LogP contribution in [0.1, 0.15) is 45.6 Å².